The van der Waals surface area contributed by atoms with E-state index in [9.17, 15) is 13.2 Å². The van der Waals surface area contributed by atoms with Gasteiger partial charge in [-0.15, -0.1) is 0 Å². The first-order valence-electron chi connectivity index (χ1n) is 4.92. The largest absolute Gasteiger partial charge is 0.446 e. The minimum Gasteiger partial charge on any atom is -0.446 e. The summed E-state index contributed by atoms with van der Waals surface area (Å²) in [4.78, 5) is 11.0. The van der Waals surface area contributed by atoms with Gasteiger partial charge in [-0.25, -0.2) is 9.52 Å². The highest BCUT2D eigenvalue weighted by molar-refractivity contribution is 7.88. The number of ether oxygens (including phenoxy) is 1. The van der Waals surface area contributed by atoms with Gasteiger partial charge in [0.1, 0.15) is 0 Å². The van der Waals surface area contributed by atoms with Crippen molar-refractivity contribution < 1.29 is 23.1 Å². The highest BCUT2D eigenvalue weighted by atomic mass is 32.2. The number of hydrogen-bond donors (Lipinski definition) is 3. The Balaban J connectivity index is 4.29. The number of aliphatic hydroxyl groups excluding tert-OH is 1. The van der Waals surface area contributed by atoms with Crippen molar-refractivity contribution in [3.05, 3.63) is 0 Å². The molecule has 0 saturated carbocycles. The van der Waals surface area contributed by atoms with E-state index < -0.39 is 28.4 Å². The Hall–Kier alpha value is -0.860. The summed E-state index contributed by atoms with van der Waals surface area (Å²) in [5, 5.41) is 8.80. The molecule has 7 nitrogen and oxygen atoms in total. The van der Waals surface area contributed by atoms with Crippen molar-refractivity contribution in [2.75, 3.05) is 6.61 Å². The SMILES string of the molecule is CC[C@H](CO)NS(=O)(=O)NC(=O)OC(C)C. The average Bonchev–Trinajstić information content (AvgIpc) is 2.11. The molecule has 0 radical (unpaired) electrons. The average molecular weight is 254 g/mol. The van der Waals surface area contributed by atoms with E-state index in [1.54, 1.807) is 25.5 Å². The summed E-state index contributed by atoms with van der Waals surface area (Å²) in [6.45, 7) is 4.57. The molecule has 0 spiro atoms. The third-order valence-corrected chi connectivity index (χ3v) is 2.67. The first-order chi connectivity index (χ1) is 7.30. The second kappa shape index (κ2) is 6.66. The predicted octanol–water partition coefficient (Wildman–Crippen LogP) is -0.274. The first kappa shape index (κ1) is 15.1. The van der Waals surface area contributed by atoms with Crippen molar-refractivity contribution in [1.82, 2.24) is 9.44 Å². The van der Waals surface area contributed by atoms with Crippen LogP contribution in [0.3, 0.4) is 0 Å². The summed E-state index contributed by atoms with van der Waals surface area (Å²) >= 11 is 0. The van der Waals surface area contributed by atoms with E-state index in [2.05, 4.69) is 9.46 Å². The number of amides is 1. The fourth-order valence-corrected chi connectivity index (χ4v) is 1.85. The maximum absolute atomic E-state index is 11.3. The zero-order valence-electron chi connectivity index (χ0n) is 9.56. The molecule has 0 aliphatic carbocycles. The molecule has 0 unspecified atom stereocenters. The molecule has 0 bridgehead atoms. The summed E-state index contributed by atoms with van der Waals surface area (Å²) < 4.78 is 31.0. The van der Waals surface area contributed by atoms with Gasteiger partial charge in [0, 0.05) is 6.04 Å². The zero-order chi connectivity index (χ0) is 12.8. The number of hydrogen-bond acceptors (Lipinski definition) is 5. The quantitative estimate of drug-likeness (QED) is 0.605. The smallest absolute Gasteiger partial charge is 0.422 e. The van der Waals surface area contributed by atoms with Crippen LogP contribution < -0.4 is 9.44 Å². The van der Waals surface area contributed by atoms with Gasteiger partial charge >= 0.3 is 16.3 Å². The molecule has 0 aromatic carbocycles. The van der Waals surface area contributed by atoms with E-state index in [1.807, 2.05) is 0 Å². The highest BCUT2D eigenvalue weighted by Gasteiger charge is 2.19. The highest BCUT2D eigenvalue weighted by Crippen LogP contribution is 1.94. The van der Waals surface area contributed by atoms with Crippen molar-refractivity contribution in [3.63, 3.8) is 0 Å². The standard InChI is InChI=1S/C8H18N2O5S/c1-4-7(5-11)9-16(13,14)10-8(12)15-6(2)3/h6-7,9,11H,4-5H2,1-3H3,(H,10,12)/t7-/m1/s1. The van der Waals surface area contributed by atoms with Crippen molar-refractivity contribution in [2.24, 2.45) is 0 Å². The third-order valence-electron chi connectivity index (χ3n) is 1.60. The normalized spacial score (nSPS) is 13.6. The van der Waals surface area contributed by atoms with Gasteiger partial charge in [0.05, 0.1) is 12.7 Å². The van der Waals surface area contributed by atoms with Gasteiger partial charge in [0.25, 0.3) is 0 Å². The van der Waals surface area contributed by atoms with Crippen LogP contribution in [0.1, 0.15) is 27.2 Å². The van der Waals surface area contributed by atoms with Crippen LogP contribution in [0.25, 0.3) is 0 Å². The lowest BCUT2D eigenvalue weighted by Gasteiger charge is -2.15. The number of aliphatic hydroxyl groups is 1. The minimum absolute atomic E-state index is 0.337. The van der Waals surface area contributed by atoms with Crippen LogP contribution in [0.15, 0.2) is 0 Å². The van der Waals surface area contributed by atoms with E-state index in [-0.39, 0.29) is 6.61 Å². The molecule has 0 saturated heterocycles. The molecule has 0 rings (SSSR count). The molecular weight excluding hydrogens is 236 g/mol. The van der Waals surface area contributed by atoms with E-state index in [0.29, 0.717) is 6.42 Å². The van der Waals surface area contributed by atoms with Crippen LogP contribution >= 0.6 is 0 Å². The van der Waals surface area contributed by atoms with Crippen molar-refractivity contribution in [3.8, 4) is 0 Å². The fraction of sp³-hybridized carbons (Fsp3) is 0.875. The van der Waals surface area contributed by atoms with Crippen LogP contribution in [-0.4, -0.2) is 38.4 Å². The van der Waals surface area contributed by atoms with E-state index in [4.69, 9.17) is 5.11 Å². The van der Waals surface area contributed by atoms with Gasteiger partial charge < -0.3 is 9.84 Å². The second-order valence-electron chi connectivity index (χ2n) is 3.47. The molecule has 0 aromatic rings. The van der Waals surface area contributed by atoms with Gasteiger partial charge in [0.15, 0.2) is 0 Å². The topological polar surface area (TPSA) is 105 Å². The fourth-order valence-electron chi connectivity index (χ4n) is 0.846. The lowest BCUT2D eigenvalue weighted by molar-refractivity contribution is 0.121. The summed E-state index contributed by atoms with van der Waals surface area (Å²) in [7, 11) is -3.98. The molecule has 96 valence electrons. The van der Waals surface area contributed by atoms with Crippen LogP contribution in [0.4, 0.5) is 4.79 Å². The lowest BCUT2D eigenvalue weighted by atomic mass is 10.3. The van der Waals surface area contributed by atoms with Crippen LogP contribution in [0, 0.1) is 0 Å². The molecule has 0 fully saturated rings. The monoisotopic (exact) mass is 254 g/mol. The maximum atomic E-state index is 11.3. The van der Waals surface area contributed by atoms with Gasteiger partial charge in [-0.3, -0.25) is 0 Å². The Kier molecular flexibility index (Phi) is 6.31. The number of nitrogens with one attached hydrogen (secondary N) is 2. The summed E-state index contributed by atoms with van der Waals surface area (Å²) in [6.07, 6.45) is -1.04. The van der Waals surface area contributed by atoms with Crippen LogP contribution in [-0.2, 0) is 14.9 Å². The number of rotatable bonds is 6. The Morgan fingerprint density at radius 1 is 1.44 bits per heavy atom. The molecule has 0 heterocycles. The minimum atomic E-state index is -3.98. The third kappa shape index (κ3) is 6.59. The Morgan fingerprint density at radius 3 is 2.38 bits per heavy atom. The maximum Gasteiger partial charge on any atom is 0.422 e. The number of carbonyl (C=O) groups is 1. The van der Waals surface area contributed by atoms with Crippen LogP contribution in [0.5, 0.6) is 0 Å². The summed E-state index contributed by atoms with van der Waals surface area (Å²) in [5.74, 6) is 0. The van der Waals surface area contributed by atoms with Gasteiger partial charge in [-0.1, -0.05) is 6.92 Å². The molecule has 0 aliphatic rings. The molecule has 3 N–H and O–H groups in total. The molecule has 8 heteroatoms. The van der Waals surface area contributed by atoms with E-state index in [1.165, 1.54) is 0 Å². The van der Waals surface area contributed by atoms with Crippen molar-refractivity contribution in [1.29, 1.82) is 0 Å². The lowest BCUT2D eigenvalue weighted by Crippen LogP contribution is -2.46. The Morgan fingerprint density at radius 2 is 2.00 bits per heavy atom. The van der Waals surface area contributed by atoms with E-state index >= 15 is 0 Å². The summed E-state index contributed by atoms with van der Waals surface area (Å²) in [5.41, 5.74) is 0. The molecule has 0 aliphatic heterocycles. The van der Waals surface area contributed by atoms with Crippen molar-refractivity contribution >= 4 is 16.3 Å². The zero-order valence-corrected chi connectivity index (χ0v) is 10.4. The predicted molar refractivity (Wildman–Crippen MR) is 58.0 cm³/mol. The molecule has 0 aromatic heterocycles. The van der Waals surface area contributed by atoms with Crippen LogP contribution in [0.2, 0.25) is 0 Å². The summed E-state index contributed by atoms with van der Waals surface area (Å²) in [6, 6.07) is -0.621. The van der Waals surface area contributed by atoms with Gasteiger partial charge in [0.2, 0.25) is 0 Å². The van der Waals surface area contributed by atoms with Crippen molar-refractivity contribution in [2.45, 2.75) is 39.3 Å². The van der Waals surface area contributed by atoms with Gasteiger partial charge in [-0.05, 0) is 20.3 Å². The number of carbonyl (C=O) groups excluding carboxylic acids is 1. The first-order valence-corrected chi connectivity index (χ1v) is 6.40. The molecule has 1 atom stereocenters. The molecule has 16 heavy (non-hydrogen) atoms. The second-order valence-corrected chi connectivity index (χ2v) is 4.91. The Bertz CT molecular complexity index is 310. The molecular formula is C8H18N2O5S. The van der Waals surface area contributed by atoms with E-state index in [0.717, 1.165) is 0 Å². The molecule has 1 amide bonds. The Labute approximate surface area is 95.4 Å². The van der Waals surface area contributed by atoms with Gasteiger partial charge in [-0.2, -0.15) is 13.1 Å².